The highest BCUT2D eigenvalue weighted by Gasteiger charge is 2.41. The first-order valence-electron chi connectivity index (χ1n) is 27.5. The monoisotopic (exact) mass is 734 g/mol. The molecule has 262 valence electrons. The topological polar surface area (TPSA) is 51.6 Å². The first kappa shape index (κ1) is 17.9. The van der Waals surface area contributed by atoms with Gasteiger partial charge in [-0.15, -0.1) is 0 Å². The number of nitrogens with zero attached hydrogens (tertiary/aromatic N) is 4. The third-order valence-electron chi connectivity index (χ3n) is 10.0. The maximum absolute atomic E-state index is 8.80. The van der Waals surface area contributed by atoms with Crippen molar-refractivity contribution in [2.75, 3.05) is 0 Å². The van der Waals surface area contributed by atoms with Crippen molar-refractivity contribution in [3.63, 3.8) is 0 Å². The quantitative estimate of drug-likeness (QED) is 0.171. The van der Waals surface area contributed by atoms with Gasteiger partial charge in [0.15, 0.2) is 11.6 Å². The number of rotatable bonds is 6. The molecule has 2 aromatic heterocycles. The first-order chi connectivity index (χ1) is 36.0. The van der Waals surface area contributed by atoms with Crippen molar-refractivity contribution in [2.24, 2.45) is 0 Å². The van der Waals surface area contributed by atoms with Gasteiger partial charge in [-0.25, -0.2) is 19.9 Å². The van der Waals surface area contributed by atoms with Crippen LogP contribution in [0.1, 0.15) is 72.6 Å². The number of hydrogen-bond donors (Lipinski definition) is 0. The maximum atomic E-state index is 8.80. The Labute approximate surface area is 354 Å². The zero-order chi connectivity index (χ0) is 54.4. The predicted molar refractivity (Wildman–Crippen MR) is 225 cm³/mol. The van der Waals surface area contributed by atoms with Crippen LogP contribution >= 0.6 is 0 Å². The van der Waals surface area contributed by atoms with E-state index in [1.165, 1.54) is 12.1 Å². The molecule has 4 heteroatoms. The zero-order valence-electron chi connectivity index (χ0n) is 48.9. The predicted octanol–water partition coefficient (Wildman–Crippen LogP) is 12.3. The summed E-state index contributed by atoms with van der Waals surface area (Å²) in [5.74, 6) is -1.52. The molecule has 2 atom stereocenters. The lowest BCUT2D eigenvalue weighted by molar-refractivity contribution is 0.755. The molecular formula is C52H34N4. The van der Waals surface area contributed by atoms with Crippen LogP contribution in [0, 0.1) is 0 Å². The molecular weight excluding hydrogens is 681 g/mol. The summed E-state index contributed by atoms with van der Waals surface area (Å²) in [6, 6.07) is 9.49. The van der Waals surface area contributed by atoms with Gasteiger partial charge in [0, 0.05) is 45.2 Å². The fourth-order valence-electron chi connectivity index (χ4n) is 7.69. The highest BCUT2D eigenvalue weighted by atomic mass is 14.9. The van der Waals surface area contributed by atoms with E-state index in [1.54, 1.807) is 12.1 Å². The Hall–Kier alpha value is -7.30. The second kappa shape index (κ2) is 13.2. The fraction of sp³-hybridized carbons (Fsp3) is 0.0385. The van der Waals surface area contributed by atoms with Crippen LogP contribution < -0.4 is 0 Å². The SMILES string of the molecule is [2H]c1c([2H])c([2H])c(-c2cc(-c3ccc4c(c3)C3c5ccccc5C4c4cc(-c5cc(-c6c([2H])c([2H])c([2H])c([2H])c6[2H])nc(-c6c([2H])c([2H])c([2H])c([2H])c6[2H])n5)ccc43)nc(-c3c([2H])c([2H])c([2H])c([2H])c3[2H])n2)c([2H])c1[2H]. The van der Waals surface area contributed by atoms with E-state index >= 15 is 0 Å². The first-order valence-corrected chi connectivity index (χ1v) is 17.5. The van der Waals surface area contributed by atoms with E-state index in [9.17, 15) is 0 Å². The van der Waals surface area contributed by atoms with Gasteiger partial charge >= 0.3 is 0 Å². The number of aromatic nitrogens is 4. The summed E-state index contributed by atoms with van der Waals surface area (Å²) in [7, 11) is 0. The molecule has 12 rings (SSSR count). The van der Waals surface area contributed by atoms with Gasteiger partial charge in [0.25, 0.3) is 0 Å². The van der Waals surface area contributed by atoms with Crippen LogP contribution in [0.15, 0.2) is 194 Å². The van der Waals surface area contributed by atoms with Crippen LogP contribution in [0.5, 0.6) is 0 Å². The molecule has 3 aliphatic rings. The van der Waals surface area contributed by atoms with E-state index in [2.05, 4.69) is 9.97 Å². The minimum atomic E-state index is -0.650. The van der Waals surface area contributed by atoms with E-state index in [0.29, 0.717) is 11.1 Å². The number of hydrogen-bond acceptors (Lipinski definition) is 4. The average molecular weight is 735 g/mol. The Balaban J connectivity index is 1.10. The van der Waals surface area contributed by atoms with Crippen molar-refractivity contribution >= 4 is 0 Å². The van der Waals surface area contributed by atoms with E-state index in [4.69, 9.17) is 37.4 Å². The van der Waals surface area contributed by atoms with Crippen molar-refractivity contribution in [3.8, 4) is 67.8 Å². The third-order valence-corrected chi connectivity index (χ3v) is 10.0. The molecule has 2 bridgehead atoms. The number of benzene rings is 7. The van der Waals surface area contributed by atoms with Crippen molar-refractivity contribution < 1.29 is 27.4 Å². The van der Waals surface area contributed by atoms with Crippen LogP contribution in [0.25, 0.3) is 67.8 Å². The second-order valence-corrected chi connectivity index (χ2v) is 13.1. The molecule has 0 N–H and O–H groups in total. The van der Waals surface area contributed by atoms with Gasteiger partial charge in [0.05, 0.1) is 50.2 Å². The molecule has 0 spiro atoms. The lowest BCUT2D eigenvalue weighted by Gasteiger charge is -2.42. The van der Waals surface area contributed by atoms with Gasteiger partial charge in [0.1, 0.15) is 0 Å². The van der Waals surface area contributed by atoms with Gasteiger partial charge in [-0.1, -0.05) is 169 Å². The Morgan fingerprint density at radius 3 is 1.00 bits per heavy atom. The van der Waals surface area contributed by atoms with Crippen LogP contribution in [-0.2, 0) is 0 Å². The van der Waals surface area contributed by atoms with Gasteiger partial charge in [0.2, 0.25) is 0 Å². The normalized spacial score (nSPS) is 19.8. The summed E-state index contributed by atoms with van der Waals surface area (Å²) >= 11 is 0. The maximum Gasteiger partial charge on any atom is 0.160 e. The van der Waals surface area contributed by atoms with Gasteiger partial charge in [-0.05, 0) is 57.6 Å². The summed E-state index contributed by atoms with van der Waals surface area (Å²) in [5, 5.41) is 0. The Morgan fingerprint density at radius 2 is 0.625 bits per heavy atom. The molecule has 0 radical (unpaired) electrons. The smallest absolute Gasteiger partial charge is 0.160 e. The van der Waals surface area contributed by atoms with Gasteiger partial charge < -0.3 is 0 Å². The van der Waals surface area contributed by atoms with Crippen molar-refractivity contribution in [3.05, 3.63) is 227 Å². The second-order valence-electron chi connectivity index (χ2n) is 13.1. The van der Waals surface area contributed by atoms with Crippen LogP contribution in [-0.4, -0.2) is 19.9 Å². The van der Waals surface area contributed by atoms with Crippen LogP contribution in [0.3, 0.4) is 0 Å². The molecule has 2 heterocycles. The summed E-state index contributed by atoms with van der Waals surface area (Å²) in [6.07, 6.45) is 0. The average Bonchev–Trinajstić information content (AvgIpc) is 3.58. The van der Waals surface area contributed by atoms with E-state index in [-0.39, 0.29) is 56.7 Å². The molecule has 56 heavy (non-hydrogen) atoms. The minimum absolute atomic E-state index is 0.152. The fourth-order valence-corrected chi connectivity index (χ4v) is 7.69. The van der Waals surface area contributed by atoms with E-state index < -0.39 is 133 Å². The highest BCUT2D eigenvalue weighted by Crippen LogP contribution is 2.56. The minimum Gasteiger partial charge on any atom is -0.228 e. The summed E-state index contributed by atoms with van der Waals surface area (Å²) in [5.41, 5.74) is 5.06. The largest absolute Gasteiger partial charge is 0.228 e. The third kappa shape index (κ3) is 5.46. The molecule has 3 aliphatic carbocycles. The summed E-state index contributed by atoms with van der Waals surface area (Å²) < 4.78 is 170. The molecule has 2 unspecified atom stereocenters. The van der Waals surface area contributed by atoms with E-state index in [1.807, 2.05) is 48.5 Å². The molecule has 0 aliphatic heterocycles. The summed E-state index contributed by atoms with van der Waals surface area (Å²) in [4.78, 5) is 18.6. The Bertz CT molecular complexity index is 3560. The van der Waals surface area contributed by atoms with Gasteiger partial charge in [-0.2, -0.15) is 0 Å². The standard InChI is InChI=1S/C52H34N4/c1-5-15-33(16-6-1)45-31-47(55-51(53-45)35-19-9-3-10-20-35)37-25-27-41-43(29-37)49-39-23-13-14-24-40(39)50(41)44-30-38(26-28-42(44)49)48-32-46(34-17-7-2-8-18-34)54-52(56-48)36-21-11-4-12-22-36/h1-32,49-50H/i1D,2D,3D,4D,5D,6D,7D,8D,9D,10D,11D,12D,15D,16D,17D,18D,19D,20D,21D,22D. The van der Waals surface area contributed by atoms with Crippen LogP contribution in [0.2, 0.25) is 0 Å². The van der Waals surface area contributed by atoms with Crippen LogP contribution in [0.4, 0.5) is 0 Å². The molecule has 0 amide bonds. The molecule has 9 aromatic rings. The lowest BCUT2D eigenvalue weighted by Crippen LogP contribution is -2.27. The lowest BCUT2D eigenvalue weighted by atomic mass is 9.60. The molecule has 7 aromatic carbocycles. The molecule has 0 fully saturated rings. The van der Waals surface area contributed by atoms with Crippen molar-refractivity contribution in [1.29, 1.82) is 0 Å². The Kier molecular flexibility index (Phi) is 4.22. The molecule has 4 nitrogen and oxygen atoms in total. The highest BCUT2D eigenvalue weighted by molar-refractivity contribution is 5.78. The Morgan fingerprint density at radius 1 is 0.304 bits per heavy atom. The van der Waals surface area contributed by atoms with Gasteiger partial charge in [-0.3, -0.25) is 0 Å². The van der Waals surface area contributed by atoms with Crippen molar-refractivity contribution in [2.45, 2.75) is 11.8 Å². The van der Waals surface area contributed by atoms with E-state index in [0.717, 1.165) is 33.4 Å². The van der Waals surface area contributed by atoms with Crippen molar-refractivity contribution in [1.82, 2.24) is 19.9 Å². The molecule has 0 saturated carbocycles. The summed E-state index contributed by atoms with van der Waals surface area (Å²) in [6.45, 7) is 0. The zero-order valence-corrected chi connectivity index (χ0v) is 28.9. The molecule has 0 saturated heterocycles.